The summed E-state index contributed by atoms with van der Waals surface area (Å²) in [6.07, 6.45) is 0. The van der Waals surface area contributed by atoms with Gasteiger partial charge in [0.1, 0.15) is 4.90 Å². The lowest BCUT2D eigenvalue weighted by molar-refractivity contribution is 0.601. The van der Waals surface area contributed by atoms with Gasteiger partial charge in [-0.1, -0.05) is 40.9 Å². The Labute approximate surface area is 131 Å². The number of rotatable bonds is 3. The van der Waals surface area contributed by atoms with Crippen molar-refractivity contribution < 1.29 is 8.42 Å². The number of hydrogen-bond acceptors (Lipinski definition) is 3. The van der Waals surface area contributed by atoms with Gasteiger partial charge in [-0.2, -0.15) is 0 Å². The van der Waals surface area contributed by atoms with E-state index in [2.05, 4.69) is 4.72 Å². The fraction of sp³-hybridized carbons (Fsp3) is 0. The van der Waals surface area contributed by atoms with Crippen LogP contribution < -0.4 is 10.5 Å². The summed E-state index contributed by atoms with van der Waals surface area (Å²) in [5, 5.41) is 0.384. The van der Waals surface area contributed by atoms with Crippen LogP contribution in [0.1, 0.15) is 0 Å². The Bertz CT molecular complexity index is 763. The highest BCUT2D eigenvalue weighted by atomic mass is 35.5. The smallest absolute Gasteiger partial charge is 0.263 e. The van der Waals surface area contributed by atoms with Crippen molar-refractivity contribution in [1.29, 1.82) is 0 Å². The lowest BCUT2D eigenvalue weighted by Gasteiger charge is -2.11. The van der Waals surface area contributed by atoms with Crippen molar-refractivity contribution in [2.45, 2.75) is 4.90 Å². The Morgan fingerprint density at radius 1 is 1.00 bits per heavy atom. The van der Waals surface area contributed by atoms with Crippen LogP contribution >= 0.6 is 34.8 Å². The number of sulfonamides is 1. The first-order valence-corrected chi connectivity index (χ1v) is 7.95. The van der Waals surface area contributed by atoms with Crippen molar-refractivity contribution >= 4 is 56.2 Å². The number of benzene rings is 2. The zero-order valence-corrected chi connectivity index (χ0v) is 13.0. The Hall–Kier alpha value is -1.14. The van der Waals surface area contributed by atoms with Gasteiger partial charge in [-0.05, 0) is 30.3 Å². The van der Waals surface area contributed by atoms with Gasteiger partial charge in [-0.3, -0.25) is 4.72 Å². The highest BCUT2D eigenvalue weighted by molar-refractivity contribution is 7.92. The van der Waals surface area contributed by atoms with E-state index in [4.69, 9.17) is 40.5 Å². The molecule has 8 heteroatoms. The molecule has 2 rings (SSSR count). The molecular formula is C12H9Cl3N2O2S. The van der Waals surface area contributed by atoms with Crippen molar-refractivity contribution in [2.75, 3.05) is 10.5 Å². The molecule has 106 valence electrons. The molecule has 0 bridgehead atoms. The highest BCUT2D eigenvalue weighted by Gasteiger charge is 2.19. The molecule has 2 aromatic rings. The number of nitrogens with one attached hydrogen (secondary N) is 1. The summed E-state index contributed by atoms with van der Waals surface area (Å²) in [6, 6.07) is 8.75. The van der Waals surface area contributed by atoms with E-state index in [1.807, 2.05) is 0 Å². The van der Waals surface area contributed by atoms with E-state index in [0.29, 0.717) is 5.69 Å². The van der Waals surface area contributed by atoms with Gasteiger partial charge in [-0.15, -0.1) is 0 Å². The summed E-state index contributed by atoms with van der Waals surface area (Å²) in [5.41, 5.74) is 6.07. The third-order valence-electron chi connectivity index (χ3n) is 2.44. The molecule has 4 nitrogen and oxygen atoms in total. The predicted molar refractivity (Wildman–Crippen MR) is 83.1 cm³/mol. The zero-order valence-electron chi connectivity index (χ0n) is 9.90. The lowest BCUT2D eigenvalue weighted by atomic mass is 10.3. The van der Waals surface area contributed by atoms with Crippen molar-refractivity contribution in [3.05, 3.63) is 51.5 Å². The molecule has 0 saturated heterocycles. The summed E-state index contributed by atoms with van der Waals surface area (Å²) in [6.45, 7) is 0. The van der Waals surface area contributed by atoms with Gasteiger partial charge < -0.3 is 5.73 Å². The molecular weight excluding hydrogens is 343 g/mol. The van der Waals surface area contributed by atoms with E-state index >= 15 is 0 Å². The Morgan fingerprint density at radius 3 is 2.35 bits per heavy atom. The van der Waals surface area contributed by atoms with Crippen LogP contribution in [0.5, 0.6) is 0 Å². The molecule has 20 heavy (non-hydrogen) atoms. The average molecular weight is 352 g/mol. The Morgan fingerprint density at radius 2 is 1.70 bits per heavy atom. The Kier molecular flexibility index (Phi) is 4.34. The minimum absolute atomic E-state index is 0.0238. The SMILES string of the molecule is Nc1ccc(S(=O)(=O)Nc2cccc(Cl)c2Cl)c(Cl)c1. The van der Waals surface area contributed by atoms with Crippen LogP contribution in [0.15, 0.2) is 41.3 Å². The monoisotopic (exact) mass is 350 g/mol. The largest absolute Gasteiger partial charge is 0.399 e. The fourth-order valence-electron chi connectivity index (χ4n) is 1.52. The van der Waals surface area contributed by atoms with Gasteiger partial charge in [0.25, 0.3) is 10.0 Å². The van der Waals surface area contributed by atoms with Crippen molar-refractivity contribution in [1.82, 2.24) is 0 Å². The van der Waals surface area contributed by atoms with Crippen LogP contribution in [0.4, 0.5) is 11.4 Å². The van der Waals surface area contributed by atoms with Crippen molar-refractivity contribution in [2.24, 2.45) is 0 Å². The van der Waals surface area contributed by atoms with Crippen molar-refractivity contribution in [3.63, 3.8) is 0 Å². The van der Waals surface area contributed by atoms with Crippen LogP contribution in [0.25, 0.3) is 0 Å². The first kappa shape index (κ1) is 15.3. The highest BCUT2D eigenvalue weighted by Crippen LogP contribution is 2.32. The topological polar surface area (TPSA) is 72.2 Å². The summed E-state index contributed by atoms with van der Waals surface area (Å²) in [7, 11) is -3.88. The lowest BCUT2D eigenvalue weighted by Crippen LogP contribution is -2.14. The number of nitrogens with two attached hydrogens (primary N) is 1. The fourth-order valence-corrected chi connectivity index (χ4v) is 3.55. The maximum Gasteiger partial charge on any atom is 0.263 e. The van der Waals surface area contributed by atoms with Gasteiger partial charge in [0.2, 0.25) is 0 Å². The maximum atomic E-state index is 12.3. The first-order valence-electron chi connectivity index (χ1n) is 5.33. The second-order valence-electron chi connectivity index (χ2n) is 3.90. The van der Waals surface area contributed by atoms with Crippen LogP contribution in [-0.4, -0.2) is 8.42 Å². The Balaban J connectivity index is 2.44. The normalized spacial score (nSPS) is 11.3. The third-order valence-corrected chi connectivity index (χ3v) is 5.11. The van der Waals surface area contributed by atoms with Crippen LogP contribution in [-0.2, 0) is 10.0 Å². The second-order valence-corrected chi connectivity index (χ2v) is 6.74. The van der Waals surface area contributed by atoms with E-state index < -0.39 is 10.0 Å². The average Bonchev–Trinajstić information content (AvgIpc) is 2.34. The summed E-state index contributed by atoms with van der Waals surface area (Å²) in [4.78, 5) is -0.0931. The van der Waals surface area contributed by atoms with Crippen LogP contribution in [0.2, 0.25) is 15.1 Å². The molecule has 0 unspecified atom stereocenters. The molecule has 0 atom stereocenters. The molecule has 3 N–H and O–H groups in total. The second kappa shape index (κ2) is 5.69. The van der Waals surface area contributed by atoms with Gasteiger partial charge in [0, 0.05) is 5.69 Å². The molecule has 0 aromatic heterocycles. The van der Waals surface area contributed by atoms with E-state index in [1.54, 1.807) is 12.1 Å². The number of anilines is 2. The molecule has 0 aliphatic rings. The van der Waals surface area contributed by atoms with E-state index in [-0.39, 0.29) is 25.7 Å². The first-order chi connectivity index (χ1) is 9.31. The molecule has 2 aromatic carbocycles. The van der Waals surface area contributed by atoms with Crippen LogP contribution in [0, 0.1) is 0 Å². The van der Waals surface area contributed by atoms with Gasteiger partial charge in [0.05, 0.1) is 20.8 Å². The zero-order chi connectivity index (χ0) is 14.9. The molecule has 0 radical (unpaired) electrons. The van der Waals surface area contributed by atoms with E-state index in [1.165, 1.54) is 24.3 Å². The number of nitrogen functional groups attached to an aromatic ring is 1. The van der Waals surface area contributed by atoms with E-state index in [9.17, 15) is 8.42 Å². The minimum atomic E-state index is -3.88. The van der Waals surface area contributed by atoms with Gasteiger partial charge >= 0.3 is 0 Å². The molecule has 0 saturated carbocycles. The maximum absolute atomic E-state index is 12.3. The summed E-state index contributed by atoms with van der Waals surface area (Å²) in [5.74, 6) is 0. The van der Waals surface area contributed by atoms with Gasteiger partial charge in [-0.25, -0.2) is 8.42 Å². The van der Waals surface area contributed by atoms with Gasteiger partial charge in [0.15, 0.2) is 0 Å². The van der Waals surface area contributed by atoms with Crippen molar-refractivity contribution in [3.8, 4) is 0 Å². The number of halogens is 3. The molecule has 0 aliphatic heterocycles. The molecule has 0 aliphatic carbocycles. The minimum Gasteiger partial charge on any atom is -0.399 e. The molecule has 0 fully saturated rings. The predicted octanol–water partition coefficient (Wildman–Crippen LogP) is 4.03. The third kappa shape index (κ3) is 3.12. The molecule has 0 heterocycles. The molecule has 0 amide bonds. The van der Waals surface area contributed by atoms with Crippen LogP contribution in [0.3, 0.4) is 0 Å². The number of hydrogen-bond donors (Lipinski definition) is 2. The quantitative estimate of drug-likeness (QED) is 0.820. The standard InChI is InChI=1S/C12H9Cl3N2O2S/c13-8-2-1-3-10(12(8)15)17-20(18,19)11-5-4-7(16)6-9(11)14/h1-6,17H,16H2. The summed E-state index contributed by atoms with van der Waals surface area (Å²) < 4.78 is 26.9. The summed E-state index contributed by atoms with van der Waals surface area (Å²) >= 11 is 17.7. The van der Waals surface area contributed by atoms with E-state index in [0.717, 1.165) is 0 Å². The molecule has 0 spiro atoms.